The molecule has 2 nitrogen and oxygen atoms in total. The molecule has 4 rings (SSSR count). The Morgan fingerprint density at radius 2 is 1.79 bits per heavy atom. The van der Waals surface area contributed by atoms with Crippen molar-refractivity contribution in [3.8, 4) is 16.9 Å². The molecule has 0 fully saturated rings. The number of phenols is 1. The monoisotopic (exact) mass is 457 g/mol. The number of aromatic hydroxyl groups is 1. The number of rotatable bonds is 3. The first kappa shape index (κ1) is 19.2. The van der Waals surface area contributed by atoms with Gasteiger partial charge in [-0.05, 0) is 82.2 Å². The summed E-state index contributed by atoms with van der Waals surface area (Å²) >= 11 is 9.49. The Bertz CT molecular complexity index is 1060. The highest BCUT2D eigenvalue weighted by atomic mass is 79.9. The van der Waals surface area contributed by atoms with E-state index in [2.05, 4.69) is 28.1 Å². The average molecular weight is 459 g/mol. The molecular weight excluding hydrogens is 441 g/mol. The highest BCUT2D eigenvalue weighted by Gasteiger charge is 2.23. The van der Waals surface area contributed by atoms with E-state index in [1.165, 1.54) is 6.07 Å². The molecule has 0 bridgehead atoms. The van der Waals surface area contributed by atoms with Gasteiger partial charge >= 0.3 is 0 Å². The van der Waals surface area contributed by atoms with Crippen LogP contribution < -0.4 is 0 Å². The summed E-state index contributed by atoms with van der Waals surface area (Å²) in [4.78, 5) is 4.92. The van der Waals surface area contributed by atoms with Crippen LogP contribution in [0.4, 0.5) is 4.39 Å². The normalized spacial score (nSPS) is 16.3. The zero-order valence-corrected chi connectivity index (χ0v) is 17.6. The smallest absolute Gasteiger partial charge is 0.134 e. The van der Waals surface area contributed by atoms with Crippen LogP contribution in [0.1, 0.15) is 35.6 Å². The molecule has 1 aliphatic rings. The van der Waals surface area contributed by atoms with Gasteiger partial charge in [0.05, 0.1) is 11.1 Å². The van der Waals surface area contributed by atoms with Crippen LogP contribution >= 0.6 is 27.5 Å². The Hall–Kier alpha value is -2.17. The maximum absolute atomic E-state index is 13.6. The van der Waals surface area contributed by atoms with Crippen molar-refractivity contribution in [3.63, 3.8) is 0 Å². The van der Waals surface area contributed by atoms with Crippen molar-refractivity contribution in [1.29, 1.82) is 0 Å². The van der Waals surface area contributed by atoms with Gasteiger partial charge in [-0.3, -0.25) is 4.99 Å². The summed E-state index contributed by atoms with van der Waals surface area (Å²) in [6.07, 6.45) is 1.80. The van der Waals surface area contributed by atoms with Crippen molar-refractivity contribution in [2.75, 3.05) is 0 Å². The van der Waals surface area contributed by atoms with Gasteiger partial charge in [0.25, 0.3) is 0 Å². The van der Waals surface area contributed by atoms with Gasteiger partial charge in [0.1, 0.15) is 11.6 Å². The molecule has 3 aromatic rings. The van der Waals surface area contributed by atoms with Gasteiger partial charge in [0.15, 0.2) is 0 Å². The van der Waals surface area contributed by atoms with E-state index in [1.807, 2.05) is 25.1 Å². The van der Waals surface area contributed by atoms with E-state index < -0.39 is 0 Å². The summed E-state index contributed by atoms with van der Waals surface area (Å²) < 4.78 is 14.3. The molecule has 0 amide bonds. The second-order valence-corrected chi connectivity index (χ2v) is 8.26. The second-order valence-electron chi connectivity index (χ2n) is 7.00. The molecule has 0 saturated heterocycles. The van der Waals surface area contributed by atoms with Crippen molar-refractivity contribution in [3.05, 3.63) is 86.6 Å². The molecule has 0 aliphatic carbocycles. The largest absolute Gasteiger partial charge is 0.506 e. The average Bonchev–Trinajstić information content (AvgIpc) is 3.13. The van der Waals surface area contributed by atoms with Crippen molar-refractivity contribution in [2.45, 2.75) is 25.8 Å². The zero-order valence-electron chi connectivity index (χ0n) is 15.2. The third-order valence-electron chi connectivity index (χ3n) is 5.08. The summed E-state index contributed by atoms with van der Waals surface area (Å²) in [5.74, 6) is -0.162. The number of aryl methyl sites for hydroxylation is 1. The summed E-state index contributed by atoms with van der Waals surface area (Å²) in [7, 11) is 0. The highest BCUT2D eigenvalue weighted by Crippen LogP contribution is 2.36. The molecule has 0 radical (unpaired) electrons. The lowest BCUT2D eigenvalue weighted by molar-refractivity contribution is 0.475. The molecule has 142 valence electrons. The van der Waals surface area contributed by atoms with Gasteiger partial charge in [-0.25, -0.2) is 4.39 Å². The third-order valence-corrected chi connectivity index (χ3v) is 6.01. The SMILES string of the molecule is Cc1cc(F)cc(Br)c1C1=NC(c2ccc(-c3ccc(O)c(Cl)c3)cc2)CC1. The van der Waals surface area contributed by atoms with Crippen molar-refractivity contribution in [2.24, 2.45) is 4.99 Å². The summed E-state index contributed by atoms with van der Waals surface area (Å²) in [6, 6.07) is 16.6. The Morgan fingerprint density at radius 3 is 2.46 bits per heavy atom. The van der Waals surface area contributed by atoms with Crippen molar-refractivity contribution >= 4 is 33.2 Å². The third kappa shape index (κ3) is 3.71. The summed E-state index contributed by atoms with van der Waals surface area (Å²) in [6.45, 7) is 1.91. The van der Waals surface area contributed by atoms with Crippen molar-refractivity contribution in [1.82, 2.24) is 0 Å². The lowest BCUT2D eigenvalue weighted by Gasteiger charge is -2.10. The number of hydrogen-bond donors (Lipinski definition) is 1. The van der Waals surface area contributed by atoms with E-state index in [0.29, 0.717) is 5.02 Å². The first-order valence-electron chi connectivity index (χ1n) is 9.04. The summed E-state index contributed by atoms with van der Waals surface area (Å²) in [5.41, 5.74) is 6.05. The lowest BCUT2D eigenvalue weighted by Crippen LogP contribution is -2.01. The Morgan fingerprint density at radius 1 is 1.07 bits per heavy atom. The molecule has 3 aromatic carbocycles. The molecular formula is C23H18BrClFNO. The van der Waals surface area contributed by atoms with E-state index in [9.17, 15) is 9.50 Å². The number of benzene rings is 3. The number of phenolic OH excluding ortho intramolecular Hbond substituents is 1. The fraction of sp³-hybridized carbons (Fsp3) is 0.174. The van der Waals surface area contributed by atoms with Crippen LogP contribution in [0.2, 0.25) is 5.02 Å². The van der Waals surface area contributed by atoms with Crippen LogP contribution in [0.15, 0.2) is 64.1 Å². The minimum absolute atomic E-state index is 0.0807. The van der Waals surface area contributed by atoms with Crippen LogP contribution in [0.25, 0.3) is 11.1 Å². The second kappa shape index (κ2) is 7.69. The molecule has 1 heterocycles. The molecule has 28 heavy (non-hydrogen) atoms. The molecule has 1 N–H and O–H groups in total. The van der Waals surface area contributed by atoms with Gasteiger partial charge < -0.3 is 5.11 Å². The molecule has 0 saturated carbocycles. The van der Waals surface area contributed by atoms with E-state index in [4.69, 9.17) is 16.6 Å². The maximum atomic E-state index is 13.6. The fourth-order valence-electron chi connectivity index (χ4n) is 3.67. The van der Waals surface area contributed by atoms with Crippen LogP contribution in [0.3, 0.4) is 0 Å². The Balaban J connectivity index is 1.60. The Labute approximate surface area is 176 Å². The molecule has 1 atom stereocenters. The van der Waals surface area contributed by atoms with E-state index in [-0.39, 0.29) is 17.6 Å². The number of hydrogen-bond acceptors (Lipinski definition) is 2. The number of halogens is 3. The first-order valence-corrected chi connectivity index (χ1v) is 10.2. The molecule has 1 unspecified atom stereocenters. The van der Waals surface area contributed by atoms with Crippen LogP contribution in [-0.4, -0.2) is 10.8 Å². The first-order chi connectivity index (χ1) is 13.4. The fourth-order valence-corrected chi connectivity index (χ4v) is 4.61. The number of nitrogens with zero attached hydrogens (tertiary/aromatic N) is 1. The predicted molar refractivity (Wildman–Crippen MR) is 116 cm³/mol. The van der Waals surface area contributed by atoms with Crippen LogP contribution in [-0.2, 0) is 0 Å². The maximum Gasteiger partial charge on any atom is 0.134 e. The van der Waals surface area contributed by atoms with Crippen LogP contribution in [0.5, 0.6) is 5.75 Å². The van der Waals surface area contributed by atoms with Crippen molar-refractivity contribution < 1.29 is 9.50 Å². The molecule has 5 heteroatoms. The minimum atomic E-state index is -0.242. The molecule has 0 aromatic heterocycles. The van der Waals surface area contributed by atoms with Gasteiger partial charge in [-0.2, -0.15) is 0 Å². The highest BCUT2D eigenvalue weighted by molar-refractivity contribution is 9.10. The van der Waals surface area contributed by atoms with E-state index in [1.54, 1.807) is 18.2 Å². The number of aliphatic imine (C=N–C) groups is 1. The van der Waals surface area contributed by atoms with Gasteiger partial charge in [-0.15, -0.1) is 0 Å². The van der Waals surface area contributed by atoms with Gasteiger partial charge in [0, 0.05) is 15.7 Å². The quantitative estimate of drug-likeness (QED) is 0.440. The lowest BCUT2D eigenvalue weighted by atomic mass is 9.98. The summed E-state index contributed by atoms with van der Waals surface area (Å²) in [5, 5.41) is 9.92. The van der Waals surface area contributed by atoms with E-state index >= 15 is 0 Å². The predicted octanol–water partition coefficient (Wildman–Crippen LogP) is 7.25. The molecule has 0 spiro atoms. The standard InChI is InChI=1S/C23H18BrClFNO/c1-13-10-17(26)12-18(24)23(13)21-8-7-20(27-21)15-4-2-14(3-5-15)16-6-9-22(28)19(25)11-16/h2-6,9-12,20,28H,7-8H2,1H3. The molecule has 1 aliphatic heterocycles. The van der Waals surface area contributed by atoms with Gasteiger partial charge in [0.2, 0.25) is 0 Å². The van der Waals surface area contributed by atoms with E-state index in [0.717, 1.165) is 50.8 Å². The topological polar surface area (TPSA) is 32.6 Å². The minimum Gasteiger partial charge on any atom is -0.506 e. The van der Waals surface area contributed by atoms with Crippen LogP contribution in [0, 0.1) is 12.7 Å². The zero-order chi connectivity index (χ0) is 19.8. The van der Waals surface area contributed by atoms with Gasteiger partial charge in [-0.1, -0.05) is 41.9 Å². The Kier molecular flexibility index (Phi) is 5.26.